The number of sulfone groups is 1. The molecular formula is C11H16N2O6S. The quantitative estimate of drug-likeness (QED) is 0.593. The minimum absolute atomic E-state index is 0.0646. The monoisotopic (exact) mass is 304 g/mol. The average molecular weight is 304 g/mol. The fraction of sp³-hybridized carbons (Fsp3) is 0.455. The molecule has 20 heavy (non-hydrogen) atoms. The fourth-order valence-corrected chi connectivity index (χ4v) is 2.00. The number of benzene rings is 1. The van der Waals surface area contributed by atoms with Crippen molar-refractivity contribution in [3.8, 4) is 11.5 Å². The van der Waals surface area contributed by atoms with Gasteiger partial charge in [-0.2, -0.15) is 0 Å². The van der Waals surface area contributed by atoms with Crippen LogP contribution in [0.25, 0.3) is 0 Å². The van der Waals surface area contributed by atoms with Crippen LogP contribution in [0.2, 0.25) is 0 Å². The van der Waals surface area contributed by atoms with Gasteiger partial charge in [-0.1, -0.05) is 0 Å². The summed E-state index contributed by atoms with van der Waals surface area (Å²) in [5.74, 6) is 0.422. The summed E-state index contributed by atoms with van der Waals surface area (Å²) in [5, 5.41) is 13.7. The molecule has 1 aromatic rings. The third kappa shape index (κ3) is 4.26. The second kappa shape index (κ2) is 6.42. The Morgan fingerprint density at radius 1 is 1.25 bits per heavy atom. The van der Waals surface area contributed by atoms with Gasteiger partial charge in [0.2, 0.25) is 0 Å². The summed E-state index contributed by atoms with van der Waals surface area (Å²) in [6, 6.07) is 2.63. The van der Waals surface area contributed by atoms with Crippen molar-refractivity contribution in [3.05, 3.63) is 22.2 Å². The molecule has 0 aliphatic carbocycles. The molecule has 9 heteroatoms. The summed E-state index contributed by atoms with van der Waals surface area (Å²) in [7, 11) is -0.364. The molecule has 0 atom stereocenters. The van der Waals surface area contributed by atoms with Gasteiger partial charge in [-0.3, -0.25) is 10.1 Å². The Kier molecular flexibility index (Phi) is 5.14. The largest absolute Gasteiger partial charge is 0.493 e. The minimum atomic E-state index is -3.14. The van der Waals surface area contributed by atoms with Crippen molar-refractivity contribution < 1.29 is 22.8 Å². The molecule has 0 saturated carbocycles. The predicted molar refractivity (Wildman–Crippen MR) is 74.4 cm³/mol. The Hall–Kier alpha value is -2.03. The molecule has 1 rings (SSSR count). The van der Waals surface area contributed by atoms with Crippen molar-refractivity contribution in [1.82, 2.24) is 0 Å². The van der Waals surface area contributed by atoms with Crippen LogP contribution in [-0.4, -0.2) is 46.1 Å². The molecule has 1 N–H and O–H groups in total. The standard InChI is InChI=1S/C11H16N2O6S/c1-18-10-6-8(12-4-5-20(3,16)17)9(13(14)15)7-11(10)19-2/h6-7,12H,4-5H2,1-3H3. The second-order valence-corrected chi connectivity index (χ2v) is 6.30. The van der Waals surface area contributed by atoms with Crippen LogP contribution in [0, 0.1) is 10.1 Å². The maximum absolute atomic E-state index is 11.0. The van der Waals surface area contributed by atoms with E-state index in [0.717, 1.165) is 6.26 Å². The van der Waals surface area contributed by atoms with Gasteiger partial charge >= 0.3 is 0 Å². The van der Waals surface area contributed by atoms with Gasteiger partial charge in [0.25, 0.3) is 5.69 Å². The van der Waals surface area contributed by atoms with Crippen LogP contribution >= 0.6 is 0 Å². The lowest BCUT2D eigenvalue weighted by Crippen LogP contribution is -2.15. The highest BCUT2D eigenvalue weighted by Gasteiger charge is 2.19. The maximum Gasteiger partial charge on any atom is 0.296 e. The number of methoxy groups -OCH3 is 2. The summed E-state index contributed by atoms with van der Waals surface area (Å²) < 4.78 is 32.1. The average Bonchev–Trinajstić information content (AvgIpc) is 2.36. The van der Waals surface area contributed by atoms with Gasteiger partial charge in [0.1, 0.15) is 15.5 Å². The first-order valence-electron chi connectivity index (χ1n) is 5.60. The zero-order chi connectivity index (χ0) is 15.3. The zero-order valence-corrected chi connectivity index (χ0v) is 12.2. The number of hydrogen-bond donors (Lipinski definition) is 1. The highest BCUT2D eigenvalue weighted by Crippen LogP contribution is 2.37. The summed E-state index contributed by atoms with van der Waals surface area (Å²) in [6.45, 7) is 0.0646. The highest BCUT2D eigenvalue weighted by molar-refractivity contribution is 7.90. The van der Waals surface area contributed by atoms with Crippen molar-refractivity contribution in [1.29, 1.82) is 0 Å². The van der Waals surface area contributed by atoms with Crippen LogP contribution in [-0.2, 0) is 9.84 Å². The molecule has 0 aliphatic heterocycles. The molecule has 0 bridgehead atoms. The Bertz CT molecular complexity index is 599. The number of nitrogens with one attached hydrogen (secondary N) is 1. The van der Waals surface area contributed by atoms with E-state index in [1.165, 1.54) is 26.4 Å². The normalized spacial score (nSPS) is 10.9. The van der Waals surface area contributed by atoms with Crippen molar-refractivity contribution in [2.75, 3.05) is 38.1 Å². The van der Waals surface area contributed by atoms with Crippen LogP contribution in [0.4, 0.5) is 11.4 Å². The first-order chi connectivity index (χ1) is 9.28. The van der Waals surface area contributed by atoms with Gasteiger partial charge in [0.15, 0.2) is 11.5 Å². The van der Waals surface area contributed by atoms with Gasteiger partial charge < -0.3 is 14.8 Å². The van der Waals surface area contributed by atoms with E-state index in [-0.39, 0.29) is 29.4 Å². The molecule has 0 unspecified atom stereocenters. The van der Waals surface area contributed by atoms with Crippen LogP contribution in [0.15, 0.2) is 12.1 Å². The van der Waals surface area contributed by atoms with E-state index in [1.54, 1.807) is 0 Å². The molecular weight excluding hydrogens is 288 g/mol. The first-order valence-corrected chi connectivity index (χ1v) is 7.66. The van der Waals surface area contributed by atoms with Gasteiger partial charge in [-0.25, -0.2) is 8.42 Å². The lowest BCUT2D eigenvalue weighted by molar-refractivity contribution is -0.384. The summed E-state index contributed by atoms with van der Waals surface area (Å²) in [4.78, 5) is 10.4. The fourth-order valence-electron chi connectivity index (χ4n) is 1.53. The smallest absolute Gasteiger partial charge is 0.296 e. The Morgan fingerprint density at radius 3 is 2.25 bits per heavy atom. The van der Waals surface area contributed by atoms with Gasteiger partial charge in [0.05, 0.1) is 31.0 Å². The molecule has 0 aromatic heterocycles. The van der Waals surface area contributed by atoms with E-state index < -0.39 is 14.8 Å². The van der Waals surface area contributed by atoms with E-state index >= 15 is 0 Å². The zero-order valence-electron chi connectivity index (χ0n) is 11.4. The molecule has 0 aliphatic rings. The molecule has 1 aromatic carbocycles. The molecule has 0 saturated heterocycles. The minimum Gasteiger partial charge on any atom is -0.493 e. The second-order valence-electron chi connectivity index (χ2n) is 4.04. The first kappa shape index (κ1) is 16.0. The van der Waals surface area contributed by atoms with Gasteiger partial charge in [-0.05, 0) is 0 Å². The lowest BCUT2D eigenvalue weighted by atomic mass is 10.2. The summed E-state index contributed by atoms with van der Waals surface area (Å²) in [6.07, 6.45) is 1.09. The molecule has 112 valence electrons. The van der Waals surface area contributed by atoms with E-state index in [2.05, 4.69) is 5.32 Å². The number of rotatable bonds is 7. The Balaban J connectivity index is 3.06. The summed E-state index contributed by atoms with van der Waals surface area (Å²) in [5.41, 5.74) is -0.0348. The lowest BCUT2D eigenvalue weighted by Gasteiger charge is -2.11. The number of hydrogen-bond acceptors (Lipinski definition) is 7. The molecule has 0 spiro atoms. The van der Waals surface area contributed by atoms with Gasteiger partial charge in [-0.15, -0.1) is 0 Å². The SMILES string of the molecule is COc1cc(NCCS(C)(=O)=O)c([N+](=O)[O-])cc1OC. The predicted octanol–water partition coefficient (Wildman–Crippen LogP) is 1.07. The third-order valence-electron chi connectivity index (χ3n) is 2.49. The van der Waals surface area contributed by atoms with E-state index in [9.17, 15) is 18.5 Å². The molecule has 8 nitrogen and oxygen atoms in total. The van der Waals surface area contributed by atoms with Crippen molar-refractivity contribution in [2.45, 2.75) is 0 Å². The highest BCUT2D eigenvalue weighted by atomic mass is 32.2. The topological polar surface area (TPSA) is 108 Å². The van der Waals surface area contributed by atoms with Gasteiger partial charge in [0, 0.05) is 18.9 Å². The molecule has 0 amide bonds. The number of ether oxygens (including phenoxy) is 2. The van der Waals surface area contributed by atoms with Crippen molar-refractivity contribution in [3.63, 3.8) is 0 Å². The number of nitrogens with zero attached hydrogens (tertiary/aromatic N) is 1. The maximum atomic E-state index is 11.0. The number of nitro groups is 1. The van der Waals surface area contributed by atoms with Crippen LogP contribution in [0.1, 0.15) is 0 Å². The van der Waals surface area contributed by atoms with E-state index in [4.69, 9.17) is 9.47 Å². The molecule has 0 fully saturated rings. The van der Waals surface area contributed by atoms with Crippen LogP contribution in [0.5, 0.6) is 11.5 Å². The molecule has 0 radical (unpaired) electrons. The Labute approximate surface area is 116 Å². The summed E-state index contributed by atoms with van der Waals surface area (Å²) >= 11 is 0. The number of nitro benzene ring substituents is 1. The van der Waals surface area contributed by atoms with E-state index in [1.807, 2.05) is 0 Å². The molecule has 0 heterocycles. The van der Waals surface area contributed by atoms with E-state index in [0.29, 0.717) is 5.75 Å². The Morgan fingerprint density at radius 2 is 1.80 bits per heavy atom. The van der Waals surface area contributed by atoms with Crippen molar-refractivity contribution >= 4 is 21.2 Å². The van der Waals surface area contributed by atoms with Crippen LogP contribution < -0.4 is 14.8 Å². The third-order valence-corrected chi connectivity index (χ3v) is 3.43. The van der Waals surface area contributed by atoms with Crippen molar-refractivity contribution in [2.24, 2.45) is 0 Å². The van der Waals surface area contributed by atoms with Crippen LogP contribution in [0.3, 0.4) is 0 Å². The number of anilines is 1.